The summed E-state index contributed by atoms with van der Waals surface area (Å²) in [5.41, 5.74) is 1.06. The molecule has 1 aromatic rings. The van der Waals surface area contributed by atoms with E-state index in [1.807, 2.05) is 6.92 Å². The molecule has 1 saturated heterocycles. The van der Waals surface area contributed by atoms with Gasteiger partial charge in [0, 0.05) is 16.6 Å². The molecule has 1 N–H and O–H groups in total. The number of hydrogen-bond acceptors (Lipinski definition) is 3. The second-order valence-electron chi connectivity index (χ2n) is 4.71. The standard InChI is InChI=1S/C14H16BrNO3/c1-8(17)12-7-10(15)3-4-13(12)16-14(18)11-5-6-19-9(11)2/h3-4,7,9,11H,5-6H2,1-2H3,(H,16,18)/t9-,11-/m1/s1. The van der Waals surface area contributed by atoms with Gasteiger partial charge in [0.2, 0.25) is 5.91 Å². The van der Waals surface area contributed by atoms with E-state index in [2.05, 4.69) is 21.2 Å². The summed E-state index contributed by atoms with van der Waals surface area (Å²) in [6.07, 6.45) is 0.648. The van der Waals surface area contributed by atoms with E-state index >= 15 is 0 Å². The van der Waals surface area contributed by atoms with E-state index < -0.39 is 0 Å². The maximum absolute atomic E-state index is 12.2. The smallest absolute Gasteiger partial charge is 0.230 e. The lowest BCUT2D eigenvalue weighted by Crippen LogP contribution is -2.28. The monoisotopic (exact) mass is 325 g/mol. The molecule has 0 spiro atoms. The number of anilines is 1. The Bertz CT molecular complexity index is 515. The fourth-order valence-corrected chi connectivity index (χ4v) is 2.58. The number of Topliss-reactive ketones (excluding diaryl/α,β-unsaturated/α-hetero) is 1. The first kappa shape index (κ1) is 14.2. The largest absolute Gasteiger partial charge is 0.378 e. The summed E-state index contributed by atoms with van der Waals surface area (Å²) < 4.78 is 6.20. The molecule has 1 aliphatic rings. The van der Waals surface area contributed by atoms with Gasteiger partial charge in [0.15, 0.2) is 5.78 Å². The number of rotatable bonds is 3. The zero-order valence-corrected chi connectivity index (χ0v) is 12.5. The first-order chi connectivity index (χ1) is 8.99. The fourth-order valence-electron chi connectivity index (χ4n) is 2.22. The molecule has 0 radical (unpaired) electrons. The van der Waals surface area contributed by atoms with Gasteiger partial charge < -0.3 is 10.1 Å². The summed E-state index contributed by atoms with van der Waals surface area (Å²) >= 11 is 3.32. The Morgan fingerprint density at radius 2 is 2.16 bits per heavy atom. The summed E-state index contributed by atoms with van der Waals surface area (Å²) in [4.78, 5) is 23.8. The molecule has 102 valence electrons. The van der Waals surface area contributed by atoms with Crippen molar-refractivity contribution in [2.24, 2.45) is 5.92 Å². The van der Waals surface area contributed by atoms with E-state index in [1.54, 1.807) is 18.2 Å². The number of carbonyl (C=O) groups is 2. The molecule has 5 heteroatoms. The van der Waals surface area contributed by atoms with Crippen LogP contribution in [0.3, 0.4) is 0 Å². The molecule has 1 amide bonds. The molecule has 4 nitrogen and oxygen atoms in total. The van der Waals surface area contributed by atoms with Crippen molar-refractivity contribution in [1.29, 1.82) is 0 Å². The molecule has 1 aromatic carbocycles. The van der Waals surface area contributed by atoms with Crippen molar-refractivity contribution < 1.29 is 14.3 Å². The molecule has 1 heterocycles. The van der Waals surface area contributed by atoms with E-state index in [0.717, 1.165) is 10.9 Å². The van der Waals surface area contributed by atoms with Gasteiger partial charge in [0.25, 0.3) is 0 Å². The van der Waals surface area contributed by atoms with Gasteiger partial charge in [-0.3, -0.25) is 9.59 Å². The number of ether oxygens (including phenoxy) is 1. The van der Waals surface area contributed by atoms with Gasteiger partial charge in [0.05, 0.1) is 17.7 Å². The van der Waals surface area contributed by atoms with Crippen molar-refractivity contribution in [3.05, 3.63) is 28.2 Å². The summed E-state index contributed by atoms with van der Waals surface area (Å²) in [6, 6.07) is 5.25. The van der Waals surface area contributed by atoms with Gasteiger partial charge in [-0.25, -0.2) is 0 Å². The van der Waals surface area contributed by atoms with Gasteiger partial charge in [-0.05, 0) is 38.5 Å². The highest BCUT2D eigenvalue weighted by Gasteiger charge is 2.31. The minimum absolute atomic E-state index is 0.0729. The van der Waals surface area contributed by atoms with Crippen LogP contribution in [0.4, 0.5) is 5.69 Å². The van der Waals surface area contributed by atoms with Crippen LogP contribution in [0, 0.1) is 5.92 Å². The van der Waals surface area contributed by atoms with Crippen molar-refractivity contribution in [3.8, 4) is 0 Å². The summed E-state index contributed by atoms with van der Waals surface area (Å²) in [6.45, 7) is 3.99. The van der Waals surface area contributed by atoms with Gasteiger partial charge >= 0.3 is 0 Å². The Hall–Kier alpha value is -1.20. The number of carbonyl (C=O) groups excluding carboxylic acids is 2. The molecule has 2 atom stereocenters. The number of hydrogen-bond donors (Lipinski definition) is 1. The van der Waals surface area contributed by atoms with E-state index in [4.69, 9.17) is 4.74 Å². The van der Waals surface area contributed by atoms with Gasteiger partial charge in [-0.2, -0.15) is 0 Å². The second-order valence-corrected chi connectivity index (χ2v) is 5.62. The molecule has 0 unspecified atom stereocenters. The molecule has 1 fully saturated rings. The molecular weight excluding hydrogens is 310 g/mol. The number of amides is 1. The SMILES string of the molecule is CC(=O)c1cc(Br)ccc1NC(=O)[C@@H]1CCO[C@@H]1C. The molecule has 0 bridgehead atoms. The predicted molar refractivity (Wildman–Crippen MR) is 76.3 cm³/mol. The lowest BCUT2D eigenvalue weighted by Gasteiger charge is -2.15. The Balaban J connectivity index is 2.19. The highest BCUT2D eigenvalue weighted by Crippen LogP contribution is 2.25. The molecule has 19 heavy (non-hydrogen) atoms. The van der Waals surface area contributed by atoms with Crippen molar-refractivity contribution >= 4 is 33.3 Å². The number of halogens is 1. The van der Waals surface area contributed by atoms with Crippen LogP contribution in [0.15, 0.2) is 22.7 Å². The molecule has 1 aliphatic heterocycles. The van der Waals surface area contributed by atoms with Crippen LogP contribution in [0.25, 0.3) is 0 Å². The average molecular weight is 326 g/mol. The van der Waals surface area contributed by atoms with Crippen LogP contribution in [0.2, 0.25) is 0 Å². The maximum Gasteiger partial charge on any atom is 0.230 e. The molecule has 2 rings (SSSR count). The summed E-state index contributed by atoms with van der Waals surface area (Å²) in [5, 5.41) is 2.83. The van der Waals surface area contributed by atoms with E-state index in [0.29, 0.717) is 17.9 Å². The van der Waals surface area contributed by atoms with Crippen molar-refractivity contribution in [3.63, 3.8) is 0 Å². The average Bonchev–Trinajstić information content (AvgIpc) is 2.77. The van der Waals surface area contributed by atoms with Crippen LogP contribution in [-0.4, -0.2) is 24.4 Å². The zero-order valence-electron chi connectivity index (χ0n) is 10.9. The second kappa shape index (κ2) is 5.84. The van der Waals surface area contributed by atoms with Crippen molar-refractivity contribution in [2.75, 3.05) is 11.9 Å². The van der Waals surface area contributed by atoms with Crippen LogP contribution >= 0.6 is 15.9 Å². The number of nitrogens with one attached hydrogen (secondary N) is 1. The summed E-state index contributed by atoms with van der Waals surface area (Å²) in [7, 11) is 0. The van der Waals surface area contributed by atoms with Crippen molar-refractivity contribution in [2.45, 2.75) is 26.4 Å². The van der Waals surface area contributed by atoms with E-state index in [-0.39, 0.29) is 23.7 Å². The van der Waals surface area contributed by atoms with Gasteiger partial charge in [0.1, 0.15) is 0 Å². The topological polar surface area (TPSA) is 55.4 Å². The van der Waals surface area contributed by atoms with Gasteiger partial charge in [-0.1, -0.05) is 15.9 Å². The Labute approximate surface area is 120 Å². The highest BCUT2D eigenvalue weighted by molar-refractivity contribution is 9.10. The van der Waals surface area contributed by atoms with Crippen molar-refractivity contribution in [1.82, 2.24) is 0 Å². The molecule has 0 aromatic heterocycles. The first-order valence-corrected chi connectivity index (χ1v) is 7.01. The Morgan fingerprint density at radius 3 is 2.74 bits per heavy atom. The van der Waals surface area contributed by atoms with Crippen LogP contribution in [-0.2, 0) is 9.53 Å². The number of benzene rings is 1. The predicted octanol–water partition coefficient (Wildman–Crippen LogP) is 3.02. The Morgan fingerprint density at radius 1 is 1.42 bits per heavy atom. The van der Waals surface area contributed by atoms with E-state index in [9.17, 15) is 9.59 Å². The third-order valence-electron chi connectivity index (χ3n) is 3.33. The van der Waals surface area contributed by atoms with Crippen LogP contribution in [0.1, 0.15) is 30.6 Å². The fraction of sp³-hybridized carbons (Fsp3) is 0.429. The highest BCUT2D eigenvalue weighted by atomic mass is 79.9. The molecule has 0 saturated carbocycles. The quantitative estimate of drug-likeness (QED) is 0.869. The maximum atomic E-state index is 12.2. The van der Waals surface area contributed by atoms with E-state index in [1.165, 1.54) is 6.92 Å². The zero-order chi connectivity index (χ0) is 14.0. The Kier molecular flexibility index (Phi) is 4.37. The normalized spacial score (nSPS) is 22.3. The lowest BCUT2D eigenvalue weighted by molar-refractivity contribution is -0.121. The molecular formula is C14H16BrNO3. The minimum Gasteiger partial charge on any atom is -0.378 e. The minimum atomic E-state index is -0.150. The van der Waals surface area contributed by atoms with Gasteiger partial charge in [-0.15, -0.1) is 0 Å². The van der Waals surface area contributed by atoms with Crippen LogP contribution < -0.4 is 5.32 Å². The van der Waals surface area contributed by atoms with Crippen LogP contribution in [0.5, 0.6) is 0 Å². The molecule has 0 aliphatic carbocycles. The first-order valence-electron chi connectivity index (χ1n) is 6.22. The third-order valence-corrected chi connectivity index (χ3v) is 3.83. The summed E-state index contributed by atoms with van der Waals surface area (Å²) in [5.74, 6) is -0.314. The number of ketones is 1. The lowest BCUT2D eigenvalue weighted by atomic mass is 10.0. The third kappa shape index (κ3) is 3.22.